The van der Waals surface area contributed by atoms with Crippen molar-refractivity contribution in [1.29, 1.82) is 0 Å². The Kier molecular flexibility index (Phi) is 2.97. The van der Waals surface area contributed by atoms with Crippen LogP contribution in [0.1, 0.15) is 31.9 Å². The maximum Gasteiger partial charge on any atom is 0.0384 e. The number of nitrogens with two attached hydrogens (primary N) is 1. The summed E-state index contributed by atoms with van der Waals surface area (Å²) >= 11 is 0. The first-order valence-electron chi connectivity index (χ1n) is 7.25. The van der Waals surface area contributed by atoms with Crippen LogP contribution in [0.25, 0.3) is 0 Å². The summed E-state index contributed by atoms with van der Waals surface area (Å²) in [5.41, 5.74) is 10.6. The summed E-state index contributed by atoms with van der Waals surface area (Å²) in [7, 11) is 0. The van der Waals surface area contributed by atoms with Gasteiger partial charge in [0, 0.05) is 22.8 Å². The molecule has 2 aromatic rings. The first-order valence-corrected chi connectivity index (χ1v) is 7.25. The molecule has 0 bridgehead atoms. The van der Waals surface area contributed by atoms with Gasteiger partial charge in [0.1, 0.15) is 0 Å². The van der Waals surface area contributed by atoms with Gasteiger partial charge in [0.2, 0.25) is 0 Å². The van der Waals surface area contributed by atoms with E-state index in [2.05, 4.69) is 62.5 Å². The predicted molar refractivity (Wildman–Crippen MR) is 86.0 cm³/mol. The summed E-state index contributed by atoms with van der Waals surface area (Å²) in [5.74, 6) is 0.501. The highest BCUT2D eigenvalue weighted by Gasteiger charge is 2.42. The van der Waals surface area contributed by atoms with E-state index < -0.39 is 0 Å². The van der Waals surface area contributed by atoms with E-state index in [0.29, 0.717) is 12.0 Å². The molecule has 0 spiro atoms. The van der Waals surface area contributed by atoms with E-state index >= 15 is 0 Å². The minimum absolute atomic E-state index is 0.00889. The molecule has 1 aliphatic rings. The van der Waals surface area contributed by atoms with Crippen LogP contribution < -0.4 is 11.1 Å². The summed E-state index contributed by atoms with van der Waals surface area (Å²) in [6.45, 7) is 6.93. The number of nitrogen functional groups attached to an aromatic ring is 1. The van der Waals surface area contributed by atoms with Crippen molar-refractivity contribution in [3.63, 3.8) is 0 Å². The molecule has 1 aliphatic heterocycles. The largest absolute Gasteiger partial charge is 0.399 e. The van der Waals surface area contributed by atoms with Gasteiger partial charge in [-0.2, -0.15) is 0 Å². The predicted octanol–water partition coefficient (Wildman–Crippen LogP) is 4.02. The van der Waals surface area contributed by atoms with Crippen molar-refractivity contribution in [2.24, 2.45) is 5.92 Å². The third kappa shape index (κ3) is 1.79. The fourth-order valence-corrected chi connectivity index (χ4v) is 3.43. The van der Waals surface area contributed by atoms with Crippen LogP contribution in [0, 0.1) is 5.92 Å². The van der Waals surface area contributed by atoms with Gasteiger partial charge in [-0.1, -0.05) is 44.2 Å². The molecule has 3 rings (SSSR count). The number of benzene rings is 2. The lowest BCUT2D eigenvalue weighted by Crippen LogP contribution is -2.45. The maximum atomic E-state index is 5.84. The summed E-state index contributed by atoms with van der Waals surface area (Å²) in [6, 6.07) is 17.4. The number of hydrogen-bond acceptors (Lipinski definition) is 2. The summed E-state index contributed by atoms with van der Waals surface area (Å²) in [4.78, 5) is 0. The molecule has 0 saturated heterocycles. The average molecular weight is 266 g/mol. The second kappa shape index (κ2) is 4.55. The molecule has 1 heterocycles. The van der Waals surface area contributed by atoms with Gasteiger partial charge in [-0.05, 0) is 42.2 Å². The average Bonchev–Trinajstić information content (AvgIpc) is 2.46. The molecule has 0 aliphatic carbocycles. The third-order valence-corrected chi connectivity index (χ3v) is 5.04. The van der Waals surface area contributed by atoms with Crippen molar-refractivity contribution in [3.05, 3.63) is 59.7 Å². The molecule has 2 heteroatoms. The van der Waals surface area contributed by atoms with Crippen LogP contribution in [0.5, 0.6) is 0 Å². The summed E-state index contributed by atoms with van der Waals surface area (Å²) in [5, 5.41) is 3.62. The van der Waals surface area contributed by atoms with Crippen LogP contribution >= 0.6 is 0 Å². The minimum atomic E-state index is 0.00889. The minimum Gasteiger partial charge on any atom is -0.399 e. The Bertz CT molecular complexity index is 618. The van der Waals surface area contributed by atoms with Crippen molar-refractivity contribution in [2.75, 3.05) is 11.1 Å². The zero-order valence-electron chi connectivity index (χ0n) is 12.4. The topological polar surface area (TPSA) is 38.0 Å². The molecule has 3 unspecified atom stereocenters. The Labute approximate surface area is 121 Å². The van der Waals surface area contributed by atoms with Gasteiger partial charge in [0.05, 0.1) is 0 Å². The summed E-state index contributed by atoms with van der Waals surface area (Å²) < 4.78 is 0. The van der Waals surface area contributed by atoms with Gasteiger partial charge in [0.15, 0.2) is 0 Å². The molecule has 2 nitrogen and oxygen atoms in total. The molecule has 0 amide bonds. The van der Waals surface area contributed by atoms with E-state index in [1.165, 1.54) is 16.8 Å². The van der Waals surface area contributed by atoms with E-state index in [-0.39, 0.29) is 5.41 Å². The Morgan fingerprint density at radius 1 is 1.00 bits per heavy atom. The quantitative estimate of drug-likeness (QED) is 0.765. The van der Waals surface area contributed by atoms with Crippen molar-refractivity contribution >= 4 is 11.4 Å². The van der Waals surface area contributed by atoms with Gasteiger partial charge in [-0.25, -0.2) is 0 Å². The highest BCUT2D eigenvalue weighted by molar-refractivity contribution is 5.62. The van der Waals surface area contributed by atoms with Crippen LogP contribution in [0.4, 0.5) is 11.4 Å². The lowest BCUT2D eigenvalue weighted by molar-refractivity contribution is 0.326. The molecule has 0 fully saturated rings. The number of para-hydroxylation sites is 1. The number of nitrogens with one attached hydrogen (secondary N) is 1. The first-order chi connectivity index (χ1) is 9.53. The zero-order chi connectivity index (χ0) is 14.3. The molecule has 3 atom stereocenters. The molecular formula is C18H22N2. The Morgan fingerprint density at radius 3 is 2.35 bits per heavy atom. The zero-order valence-corrected chi connectivity index (χ0v) is 12.4. The molecule has 2 aromatic carbocycles. The SMILES string of the molecule is CC1Nc2ccccc2C(C)(c2ccc(N)cc2)C1C. The lowest BCUT2D eigenvalue weighted by atomic mass is 9.63. The van der Waals surface area contributed by atoms with Crippen molar-refractivity contribution in [2.45, 2.75) is 32.2 Å². The second-order valence-electron chi connectivity index (χ2n) is 6.09. The Hall–Kier alpha value is -1.96. The first kappa shape index (κ1) is 13.0. The van der Waals surface area contributed by atoms with Gasteiger partial charge in [-0.15, -0.1) is 0 Å². The van der Waals surface area contributed by atoms with E-state index in [1.54, 1.807) is 0 Å². The fourth-order valence-electron chi connectivity index (χ4n) is 3.43. The lowest BCUT2D eigenvalue weighted by Gasteiger charge is -2.46. The van der Waals surface area contributed by atoms with E-state index in [1.807, 2.05) is 12.1 Å². The van der Waals surface area contributed by atoms with Gasteiger partial charge in [-0.3, -0.25) is 0 Å². The third-order valence-electron chi connectivity index (χ3n) is 5.04. The standard InChI is InChI=1S/C18H22N2/c1-12-13(2)20-17-7-5-4-6-16(17)18(12,3)14-8-10-15(19)11-9-14/h4-13,20H,19H2,1-3H3. The smallest absolute Gasteiger partial charge is 0.0384 e. The van der Waals surface area contributed by atoms with Crippen molar-refractivity contribution in [1.82, 2.24) is 0 Å². The monoisotopic (exact) mass is 266 g/mol. The second-order valence-corrected chi connectivity index (χ2v) is 6.09. The van der Waals surface area contributed by atoms with Gasteiger partial charge in [0.25, 0.3) is 0 Å². The summed E-state index contributed by atoms with van der Waals surface area (Å²) in [6.07, 6.45) is 0. The number of rotatable bonds is 1. The van der Waals surface area contributed by atoms with Gasteiger partial charge < -0.3 is 11.1 Å². The van der Waals surface area contributed by atoms with E-state index in [4.69, 9.17) is 5.73 Å². The molecule has 0 radical (unpaired) electrons. The van der Waals surface area contributed by atoms with E-state index in [9.17, 15) is 0 Å². The number of hydrogen-bond donors (Lipinski definition) is 2. The molecule has 3 N–H and O–H groups in total. The van der Waals surface area contributed by atoms with Crippen molar-refractivity contribution < 1.29 is 0 Å². The molecule has 0 aromatic heterocycles. The Balaban J connectivity index is 2.21. The molecular weight excluding hydrogens is 244 g/mol. The maximum absolute atomic E-state index is 5.84. The normalized spacial score (nSPS) is 28.6. The Morgan fingerprint density at radius 2 is 1.65 bits per heavy atom. The fraction of sp³-hybridized carbons (Fsp3) is 0.333. The highest BCUT2D eigenvalue weighted by atomic mass is 14.9. The van der Waals surface area contributed by atoms with Gasteiger partial charge >= 0.3 is 0 Å². The molecule has 20 heavy (non-hydrogen) atoms. The van der Waals surface area contributed by atoms with Crippen LogP contribution in [0.15, 0.2) is 48.5 Å². The van der Waals surface area contributed by atoms with Crippen LogP contribution in [-0.4, -0.2) is 6.04 Å². The van der Waals surface area contributed by atoms with Crippen molar-refractivity contribution in [3.8, 4) is 0 Å². The molecule has 104 valence electrons. The van der Waals surface area contributed by atoms with Crippen LogP contribution in [-0.2, 0) is 5.41 Å². The number of anilines is 2. The van der Waals surface area contributed by atoms with E-state index in [0.717, 1.165) is 5.69 Å². The van der Waals surface area contributed by atoms with Crippen LogP contribution in [0.2, 0.25) is 0 Å². The molecule has 0 saturated carbocycles. The van der Waals surface area contributed by atoms with Crippen LogP contribution in [0.3, 0.4) is 0 Å². The number of fused-ring (bicyclic) bond motifs is 1. The highest BCUT2D eigenvalue weighted by Crippen LogP contribution is 2.47.